The van der Waals surface area contributed by atoms with Crippen molar-refractivity contribution in [3.8, 4) is 0 Å². The zero-order valence-corrected chi connectivity index (χ0v) is 13.5. The molecule has 3 atom stereocenters. The van der Waals surface area contributed by atoms with Gasteiger partial charge in [0.2, 0.25) is 5.91 Å². The molecule has 1 saturated heterocycles. The van der Waals surface area contributed by atoms with Gasteiger partial charge in [-0.15, -0.1) is 0 Å². The number of benzene rings is 1. The van der Waals surface area contributed by atoms with E-state index in [1.54, 1.807) is 11.8 Å². The predicted octanol–water partition coefficient (Wildman–Crippen LogP) is 2.96. The molecule has 1 aromatic carbocycles. The standard InChI is InChI=1S/C16H24N2OS/c1-5-14-16(19)18(12(3)10-20-4)15(17-14)13-8-6-11(2)7-9-13/h6-9,12,14-15,17H,5,10H2,1-4H3. The Bertz CT molecular complexity index is 460. The van der Waals surface area contributed by atoms with Crippen LogP contribution in [0.5, 0.6) is 0 Å². The molecule has 0 aromatic heterocycles. The van der Waals surface area contributed by atoms with Crippen LogP contribution >= 0.6 is 11.8 Å². The number of nitrogens with one attached hydrogen (secondary N) is 1. The van der Waals surface area contributed by atoms with Crippen LogP contribution in [-0.2, 0) is 4.79 Å². The van der Waals surface area contributed by atoms with Crippen LogP contribution in [0, 0.1) is 6.92 Å². The highest BCUT2D eigenvalue weighted by Crippen LogP contribution is 2.29. The van der Waals surface area contributed by atoms with E-state index >= 15 is 0 Å². The van der Waals surface area contributed by atoms with Crippen molar-refractivity contribution < 1.29 is 4.79 Å². The maximum Gasteiger partial charge on any atom is 0.241 e. The molecule has 0 bridgehead atoms. The summed E-state index contributed by atoms with van der Waals surface area (Å²) in [5, 5.41) is 3.48. The topological polar surface area (TPSA) is 32.3 Å². The number of hydrogen-bond donors (Lipinski definition) is 1. The fraction of sp³-hybridized carbons (Fsp3) is 0.562. The van der Waals surface area contributed by atoms with E-state index in [1.165, 1.54) is 11.1 Å². The maximum atomic E-state index is 12.6. The highest BCUT2D eigenvalue weighted by Gasteiger charge is 2.40. The molecular formula is C16H24N2OS. The van der Waals surface area contributed by atoms with Crippen LogP contribution < -0.4 is 5.32 Å². The zero-order valence-electron chi connectivity index (χ0n) is 12.7. The molecule has 20 heavy (non-hydrogen) atoms. The minimum Gasteiger partial charge on any atom is -0.318 e. The van der Waals surface area contributed by atoms with Crippen LogP contribution in [0.15, 0.2) is 24.3 Å². The fourth-order valence-corrected chi connectivity index (χ4v) is 3.38. The average molecular weight is 292 g/mol. The fourth-order valence-electron chi connectivity index (χ4n) is 2.74. The summed E-state index contributed by atoms with van der Waals surface area (Å²) in [7, 11) is 0. The van der Waals surface area contributed by atoms with Gasteiger partial charge in [0.25, 0.3) is 0 Å². The molecule has 3 nitrogen and oxygen atoms in total. The lowest BCUT2D eigenvalue weighted by molar-refractivity contribution is -0.131. The van der Waals surface area contributed by atoms with Gasteiger partial charge in [-0.05, 0) is 32.1 Å². The molecule has 1 fully saturated rings. The summed E-state index contributed by atoms with van der Waals surface area (Å²) in [6.07, 6.45) is 2.93. The SMILES string of the molecule is CCC1NC(c2ccc(C)cc2)N(C(C)CSC)C1=O. The molecule has 1 aromatic rings. The Morgan fingerprint density at radius 1 is 1.35 bits per heavy atom. The van der Waals surface area contributed by atoms with Crippen molar-refractivity contribution in [2.45, 2.75) is 45.4 Å². The number of amides is 1. The molecule has 1 N–H and O–H groups in total. The van der Waals surface area contributed by atoms with Gasteiger partial charge in [-0.3, -0.25) is 10.1 Å². The van der Waals surface area contributed by atoms with E-state index in [9.17, 15) is 4.79 Å². The van der Waals surface area contributed by atoms with Gasteiger partial charge in [-0.2, -0.15) is 11.8 Å². The van der Waals surface area contributed by atoms with Gasteiger partial charge in [0.1, 0.15) is 6.17 Å². The number of hydrogen-bond acceptors (Lipinski definition) is 3. The Morgan fingerprint density at radius 2 is 2.00 bits per heavy atom. The van der Waals surface area contributed by atoms with E-state index in [2.05, 4.69) is 56.6 Å². The first-order valence-corrected chi connectivity index (χ1v) is 8.61. The van der Waals surface area contributed by atoms with E-state index in [0.717, 1.165) is 12.2 Å². The minimum atomic E-state index is -0.0504. The molecule has 0 radical (unpaired) electrons. The Balaban J connectivity index is 2.28. The minimum absolute atomic E-state index is 0.00944. The summed E-state index contributed by atoms with van der Waals surface area (Å²) < 4.78 is 0. The van der Waals surface area contributed by atoms with Gasteiger partial charge < -0.3 is 4.90 Å². The lowest BCUT2D eigenvalue weighted by Crippen LogP contribution is -2.39. The Kier molecular flexibility index (Phi) is 5.11. The van der Waals surface area contributed by atoms with Crippen molar-refractivity contribution in [1.29, 1.82) is 0 Å². The van der Waals surface area contributed by atoms with Crippen LogP contribution in [0.25, 0.3) is 0 Å². The third-order valence-corrected chi connectivity index (χ3v) is 4.69. The molecule has 0 aliphatic carbocycles. The molecule has 0 saturated carbocycles. The van der Waals surface area contributed by atoms with Crippen molar-refractivity contribution in [2.24, 2.45) is 0 Å². The Hall–Kier alpha value is -1.00. The maximum absolute atomic E-state index is 12.6. The number of carbonyl (C=O) groups excluding carboxylic acids is 1. The van der Waals surface area contributed by atoms with E-state index in [4.69, 9.17) is 0 Å². The van der Waals surface area contributed by atoms with Gasteiger partial charge in [-0.1, -0.05) is 36.8 Å². The summed E-state index contributed by atoms with van der Waals surface area (Å²) in [4.78, 5) is 14.6. The number of carbonyl (C=O) groups is 1. The van der Waals surface area contributed by atoms with Crippen LogP contribution in [-0.4, -0.2) is 34.9 Å². The first-order valence-electron chi connectivity index (χ1n) is 7.22. The van der Waals surface area contributed by atoms with Crippen molar-refractivity contribution >= 4 is 17.7 Å². The number of aryl methyl sites for hydroxylation is 1. The number of rotatable bonds is 5. The first-order chi connectivity index (χ1) is 9.58. The summed E-state index contributed by atoms with van der Waals surface area (Å²) in [5.41, 5.74) is 2.42. The van der Waals surface area contributed by atoms with Gasteiger partial charge in [0.15, 0.2) is 0 Å². The number of thioether (sulfide) groups is 1. The average Bonchev–Trinajstić information content (AvgIpc) is 2.77. The number of nitrogens with zero attached hydrogens (tertiary/aromatic N) is 1. The second-order valence-electron chi connectivity index (χ2n) is 5.49. The van der Waals surface area contributed by atoms with Gasteiger partial charge >= 0.3 is 0 Å². The molecule has 0 spiro atoms. The molecule has 3 unspecified atom stereocenters. The smallest absolute Gasteiger partial charge is 0.241 e. The second-order valence-corrected chi connectivity index (χ2v) is 6.40. The largest absolute Gasteiger partial charge is 0.318 e. The zero-order chi connectivity index (χ0) is 14.7. The molecule has 1 aliphatic rings. The lowest BCUT2D eigenvalue weighted by atomic mass is 10.1. The summed E-state index contributed by atoms with van der Waals surface area (Å²) in [5.74, 6) is 1.20. The monoisotopic (exact) mass is 292 g/mol. The second kappa shape index (κ2) is 6.64. The molecule has 1 heterocycles. The molecule has 1 amide bonds. The van der Waals surface area contributed by atoms with E-state index < -0.39 is 0 Å². The van der Waals surface area contributed by atoms with E-state index in [0.29, 0.717) is 0 Å². The predicted molar refractivity (Wildman–Crippen MR) is 85.8 cm³/mol. The third-order valence-electron chi connectivity index (χ3n) is 3.87. The molecule has 4 heteroatoms. The van der Waals surface area contributed by atoms with Crippen LogP contribution in [0.1, 0.15) is 37.6 Å². The highest BCUT2D eigenvalue weighted by atomic mass is 32.2. The van der Waals surface area contributed by atoms with Gasteiger partial charge in [0.05, 0.1) is 6.04 Å². The molecule has 110 valence electrons. The van der Waals surface area contributed by atoms with Gasteiger partial charge in [-0.25, -0.2) is 0 Å². The van der Waals surface area contributed by atoms with E-state index in [-0.39, 0.29) is 24.2 Å². The van der Waals surface area contributed by atoms with Crippen LogP contribution in [0.2, 0.25) is 0 Å². The summed E-state index contributed by atoms with van der Waals surface area (Å²) in [6, 6.07) is 8.66. The van der Waals surface area contributed by atoms with Crippen molar-refractivity contribution in [3.63, 3.8) is 0 Å². The lowest BCUT2D eigenvalue weighted by Gasteiger charge is -2.30. The quantitative estimate of drug-likeness (QED) is 0.905. The van der Waals surface area contributed by atoms with Crippen molar-refractivity contribution in [2.75, 3.05) is 12.0 Å². The van der Waals surface area contributed by atoms with Crippen LogP contribution in [0.4, 0.5) is 0 Å². The Morgan fingerprint density at radius 3 is 2.55 bits per heavy atom. The summed E-state index contributed by atoms with van der Waals surface area (Å²) >= 11 is 1.79. The Labute approximate surface area is 126 Å². The van der Waals surface area contributed by atoms with Crippen molar-refractivity contribution in [3.05, 3.63) is 35.4 Å². The molecule has 2 rings (SSSR count). The van der Waals surface area contributed by atoms with Gasteiger partial charge in [0, 0.05) is 11.8 Å². The normalized spacial score (nSPS) is 24.2. The third kappa shape index (κ3) is 3.01. The summed E-state index contributed by atoms with van der Waals surface area (Å²) in [6.45, 7) is 6.28. The molecule has 1 aliphatic heterocycles. The van der Waals surface area contributed by atoms with E-state index in [1.807, 2.05) is 4.90 Å². The molecular weight excluding hydrogens is 268 g/mol. The van der Waals surface area contributed by atoms with Crippen LogP contribution in [0.3, 0.4) is 0 Å². The first kappa shape index (κ1) is 15.4. The highest BCUT2D eigenvalue weighted by molar-refractivity contribution is 7.98. The van der Waals surface area contributed by atoms with Crippen molar-refractivity contribution in [1.82, 2.24) is 10.2 Å².